The molecule has 0 aliphatic heterocycles. The summed E-state index contributed by atoms with van der Waals surface area (Å²) in [6, 6.07) is 12.6. The van der Waals surface area contributed by atoms with Crippen LogP contribution in [0.1, 0.15) is 40.8 Å². The maximum absolute atomic E-state index is 13.0. The second-order valence-electron chi connectivity index (χ2n) is 9.69. The van der Waals surface area contributed by atoms with E-state index < -0.39 is 22.5 Å². The largest absolute Gasteiger partial charge is 0.519 e. The van der Waals surface area contributed by atoms with Crippen LogP contribution in [0.2, 0.25) is 10.0 Å². The number of thioether (sulfide) groups is 1. The highest BCUT2D eigenvalue weighted by Gasteiger charge is 2.34. The lowest BCUT2D eigenvalue weighted by Crippen LogP contribution is -2.30. The van der Waals surface area contributed by atoms with Crippen LogP contribution in [-0.2, 0) is 22.4 Å². The van der Waals surface area contributed by atoms with Gasteiger partial charge in [-0.2, -0.15) is 9.78 Å². The van der Waals surface area contributed by atoms with Crippen molar-refractivity contribution in [2.24, 2.45) is 0 Å². The number of hydrogen-bond donors (Lipinski definition) is 1. The van der Waals surface area contributed by atoms with Gasteiger partial charge in [0.1, 0.15) is 17.0 Å². The van der Waals surface area contributed by atoms with Crippen molar-refractivity contribution in [2.45, 2.75) is 38.4 Å². The number of rotatable bonds is 8. The van der Waals surface area contributed by atoms with E-state index in [1.54, 1.807) is 19.1 Å². The molecule has 0 aliphatic rings. The number of benzene rings is 2. The smallest absolute Gasteiger partial charge is 0.396 e. The quantitative estimate of drug-likeness (QED) is 0.231. The Labute approximate surface area is 256 Å². The van der Waals surface area contributed by atoms with Gasteiger partial charge in [0, 0.05) is 31.5 Å². The molecule has 0 unspecified atom stereocenters. The zero-order chi connectivity index (χ0) is 30.2. The summed E-state index contributed by atoms with van der Waals surface area (Å²) in [5.41, 5.74) is 0.190. The maximum Gasteiger partial charge on any atom is 0.519 e. The van der Waals surface area contributed by atoms with E-state index in [1.165, 1.54) is 11.3 Å². The average Bonchev–Trinajstić information content (AvgIpc) is 3.49. The number of carbonyl (C=O) groups excluding carboxylic acids is 1. The number of aryl methyl sites for hydroxylation is 1. The van der Waals surface area contributed by atoms with Crippen LogP contribution < -0.4 is 17.1 Å². The highest BCUT2D eigenvalue weighted by atomic mass is 35.5. The molecule has 0 saturated heterocycles. The topological polar surface area (TPSA) is 141 Å². The van der Waals surface area contributed by atoms with Gasteiger partial charge in [-0.3, -0.25) is 14.6 Å². The second-order valence-corrected chi connectivity index (χ2v) is 12.6. The van der Waals surface area contributed by atoms with E-state index in [9.17, 15) is 19.2 Å². The lowest BCUT2D eigenvalue weighted by atomic mass is 9.85. The number of H-pyrrole nitrogens is 1. The molecule has 0 radical (unpaired) electrons. The van der Waals surface area contributed by atoms with Crippen molar-refractivity contribution in [1.29, 1.82) is 0 Å². The Morgan fingerprint density at radius 1 is 1.10 bits per heavy atom. The van der Waals surface area contributed by atoms with Gasteiger partial charge in [0.25, 0.3) is 5.56 Å². The highest BCUT2D eigenvalue weighted by Crippen LogP contribution is 2.44. The van der Waals surface area contributed by atoms with Crippen molar-refractivity contribution in [3.8, 4) is 16.9 Å². The first kappa shape index (κ1) is 29.8. The van der Waals surface area contributed by atoms with E-state index in [0.29, 0.717) is 27.8 Å². The number of thiazole rings is 1. The average molecular weight is 646 g/mol. The summed E-state index contributed by atoms with van der Waals surface area (Å²) >= 11 is 15.9. The lowest BCUT2D eigenvalue weighted by molar-refractivity contribution is -0.110. The molecule has 42 heavy (non-hydrogen) atoms. The summed E-state index contributed by atoms with van der Waals surface area (Å²) in [6.45, 7) is 5.44. The fraction of sp³-hybridized carbons (Fsp3) is 0.214. The van der Waals surface area contributed by atoms with E-state index in [1.807, 2.05) is 44.2 Å². The summed E-state index contributed by atoms with van der Waals surface area (Å²) in [4.78, 5) is 56.0. The van der Waals surface area contributed by atoms with Gasteiger partial charge in [-0.15, -0.1) is 11.3 Å². The minimum Gasteiger partial charge on any atom is -0.396 e. The Hall–Kier alpha value is -3.71. The van der Waals surface area contributed by atoms with E-state index in [2.05, 4.69) is 10.1 Å². The van der Waals surface area contributed by atoms with Crippen molar-refractivity contribution in [3.05, 3.63) is 117 Å². The molecule has 216 valence electrons. The molecule has 5 aromatic rings. The third-order valence-corrected chi connectivity index (χ3v) is 9.24. The van der Waals surface area contributed by atoms with E-state index >= 15 is 0 Å². The van der Waals surface area contributed by atoms with Crippen molar-refractivity contribution in [2.75, 3.05) is 0 Å². The van der Waals surface area contributed by atoms with E-state index in [-0.39, 0.29) is 33.0 Å². The molecule has 3 aromatic heterocycles. The summed E-state index contributed by atoms with van der Waals surface area (Å²) in [7, 11) is 0. The molecule has 10 nitrogen and oxygen atoms in total. The maximum atomic E-state index is 13.0. The number of aromatic nitrogens is 4. The SMILES string of the molecule is Cc1oc(=O)oc1CSC(=O)Cc1sc(C(C)(C)c2c(Cl)cc(-n3ncc(=O)[nH]c3=O)cc2Cl)nc1-c1ccccc1. The van der Waals surface area contributed by atoms with Gasteiger partial charge in [-0.1, -0.05) is 65.3 Å². The first-order valence-corrected chi connectivity index (χ1v) is 15.0. The second kappa shape index (κ2) is 11.9. The van der Waals surface area contributed by atoms with Gasteiger partial charge >= 0.3 is 11.5 Å². The Morgan fingerprint density at radius 2 is 1.79 bits per heavy atom. The van der Waals surface area contributed by atoms with Crippen LogP contribution in [0.15, 0.2) is 71.9 Å². The molecular formula is C28H22Cl2N4O6S2. The third kappa shape index (κ3) is 6.07. The number of hydrogen-bond acceptors (Lipinski definition) is 10. The standard InChI is InChI=1S/C28H22Cl2N4O6S2/c1-14-19(40-27(38)39-14)13-41-22(36)11-20-24(15-7-5-4-6-8-15)33-25(42-20)28(2,3)23-17(29)9-16(10-18(23)30)34-26(37)32-21(35)12-31-34/h4-10,12H,11,13H2,1-3H3,(H,32,35,37). The Morgan fingerprint density at radius 3 is 2.40 bits per heavy atom. The fourth-order valence-corrected chi connectivity index (χ4v) is 7.35. The van der Waals surface area contributed by atoms with Gasteiger partial charge in [0.2, 0.25) is 0 Å². The molecule has 0 bridgehead atoms. The van der Waals surface area contributed by atoms with Crippen LogP contribution in [0.3, 0.4) is 0 Å². The molecule has 0 atom stereocenters. The fourth-order valence-electron chi connectivity index (χ4n) is 4.32. The molecular weight excluding hydrogens is 623 g/mol. The number of nitrogens with zero attached hydrogens (tertiary/aromatic N) is 3. The van der Waals surface area contributed by atoms with Crippen molar-refractivity contribution < 1.29 is 13.6 Å². The molecule has 0 amide bonds. The van der Waals surface area contributed by atoms with Gasteiger partial charge in [0.15, 0.2) is 10.9 Å². The summed E-state index contributed by atoms with van der Waals surface area (Å²) in [6.07, 6.45) is 1.07. The van der Waals surface area contributed by atoms with Crippen molar-refractivity contribution in [1.82, 2.24) is 19.7 Å². The van der Waals surface area contributed by atoms with Crippen LogP contribution in [0, 0.1) is 6.92 Å². The number of nitrogens with one attached hydrogen (secondary N) is 1. The summed E-state index contributed by atoms with van der Waals surface area (Å²) in [5.74, 6) is 0.0236. The van der Waals surface area contributed by atoms with Crippen molar-refractivity contribution in [3.63, 3.8) is 0 Å². The normalized spacial score (nSPS) is 11.6. The van der Waals surface area contributed by atoms with E-state index in [4.69, 9.17) is 37.0 Å². The molecule has 0 saturated carbocycles. The first-order chi connectivity index (χ1) is 19.9. The molecule has 5 rings (SSSR count). The van der Waals surface area contributed by atoms with Gasteiger partial charge in [-0.05, 0) is 32.9 Å². The molecule has 0 aliphatic carbocycles. The zero-order valence-corrected chi connectivity index (χ0v) is 25.5. The number of halogens is 2. The number of aromatic amines is 1. The van der Waals surface area contributed by atoms with Crippen molar-refractivity contribution >= 4 is 51.4 Å². The first-order valence-electron chi connectivity index (χ1n) is 12.4. The lowest BCUT2D eigenvalue weighted by Gasteiger charge is -2.26. The van der Waals surface area contributed by atoms with E-state index in [0.717, 1.165) is 33.1 Å². The molecule has 0 fully saturated rings. The molecule has 14 heteroatoms. The molecule has 2 aromatic carbocycles. The van der Waals surface area contributed by atoms with Crippen LogP contribution in [0.5, 0.6) is 0 Å². The number of carbonyl (C=O) groups is 1. The van der Waals surface area contributed by atoms with Crippen LogP contribution in [0.4, 0.5) is 0 Å². The highest BCUT2D eigenvalue weighted by molar-refractivity contribution is 8.12. The molecule has 1 N–H and O–H groups in total. The van der Waals surface area contributed by atoms with Gasteiger partial charge < -0.3 is 8.83 Å². The predicted octanol–water partition coefficient (Wildman–Crippen LogP) is 5.53. The van der Waals surface area contributed by atoms with Gasteiger partial charge in [-0.25, -0.2) is 14.6 Å². The molecule has 0 spiro atoms. The molecule has 3 heterocycles. The summed E-state index contributed by atoms with van der Waals surface area (Å²) in [5, 5.41) is 4.94. The zero-order valence-electron chi connectivity index (χ0n) is 22.4. The monoisotopic (exact) mass is 644 g/mol. The Kier molecular flexibility index (Phi) is 8.42. The Bertz CT molecular complexity index is 1950. The third-order valence-electron chi connectivity index (χ3n) is 6.39. The van der Waals surface area contributed by atoms with Crippen LogP contribution >= 0.6 is 46.3 Å². The van der Waals surface area contributed by atoms with Gasteiger partial charge in [0.05, 0.1) is 23.6 Å². The Balaban J connectivity index is 1.50. The minimum atomic E-state index is -0.809. The summed E-state index contributed by atoms with van der Waals surface area (Å²) < 4.78 is 10.9. The van der Waals surface area contributed by atoms with Crippen LogP contribution in [-0.4, -0.2) is 24.9 Å². The minimum absolute atomic E-state index is 0.0883. The van der Waals surface area contributed by atoms with Crippen LogP contribution in [0.25, 0.3) is 16.9 Å². The predicted molar refractivity (Wildman–Crippen MR) is 162 cm³/mol.